The summed E-state index contributed by atoms with van der Waals surface area (Å²) in [5.41, 5.74) is 2.50. The molecule has 0 atom stereocenters. The SMILES string of the molecule is [CH3][Ge]([CH3])([CH2]CC(F)(F)C(F)(F)C(F)(F)C(F)(F)C(F)(F)C(F)(F)C(F)(F)C(F)(F)F)[c]1cccc(C2=CCN(Cc3ccccc3)CC2)c1. The molecular weight excluding hydrogens is 770 g/mol. The molecule has 0 aliphatic carbocycles. The van der Waals surface area contributed by atoms with Crippen molar-refractivity contribution in [1.82, 2.24) is 4.90 Å². The first-order valence-electron chi connectivity index (χ1n) is 14.3. The van der Waals surface area contributed by atoms with Crippen molar-refractivity contribution in [3.8, 4) is 0 Å². The minimum absolute atomic E-state index is 0.335. The zero-order valence-electron chi connectivity index (χ0n) is 25.4. The molecule has 1 aliphatic heterocycles. The van der Waals surface area contributed by atoms with E-state index in [2.05, 4.69) is 4.90 Å². The number of rotatable bonds is 13. The molecule has 1 aliphatic rings. The summed E-state index contributed by atoms with van der Waals surface area (Å²) < 4.78 is 232. The van der Waals surface area contributed by atoms with Crippen LogP contribution < -0.4 is 4.40 Å². The third-order valence-electron chi connectivity index (χ3n) is 8.41. The van der Waals surface area contributed by atoms with Crippen LogP contribution in [-0.2, 0) is 6.54 Å². The Kier molecular flexibility index (Phi) is 11.1. The van der Waals surface area contributed by atoms with Gasteiger partial charge in [-0.05, 0) is 0 Å². The summed E-state index contributed by atoms with van der Waals surface area (Å²) in [4.78, 5) is 2.13. The van der Waals surface area contributed by atoms with Gasteiger partial charge in [0.25, 0.3) is 0 Å². The quantitative estimate of drug-likeness (QED) is 0.144. The van der Waals surface area contributed by atoms with Crippen LogP contribution in [0.1, 0.15) is 24.0 Å². The number of hydrogen-bond donors (Lipinski definition) is 0. The Hall–Kier alpha value is -2.51. The Bertz CT molecular complexity index is 1480. The summed E-state index contributed by atoms with van der Waals surface area (Å²) in [5, 5.41) is -1.06. The number of alkyl halides is 17. The van der Waals surface area contributed by atoms with Gasteiger partial charge in [-0.3, -0.25) is 0 Å². The second-order valence-corrected chi connectivity index (χ2v) is 22.5. The van der Waals surface area contributed by atoms with Gasteiger partial charge in [-0.15, -0.1) is 0 Å². The standard InChI is InChI=1S/C30H28F17GeN/c1-48(2,22-10-6-9-21(17-22)20-11-15-49(16-12-20)18-19-7-4-3-5-8-19)14-13-23(31,32)24(33,34)25(35,36)26(37,38)27(39,40)28(41,42)29(43,44)30(45,46)47/h3-11,17H,12-16,18H2,1-2H3. The van der Waals surface area contributed by atoms with E-state index in [-0.39, 0.29) is 0 Å². The Labute approximate surface area is 271 Å². The number of hydrogen-bond acceptors (Lipinski definition) is 1. The van der Waals surface area contributed by atoms with Crippen molar-refractivity contribution in [1.29, 1.82) is 0 Å². The van der Waals surface area contributed by atoms with Gasteiger partial charge in [0.2, 0.25) is 0 Å². The van der Waals surface area contributed by atoms with Crippen LogP contribution in [0.2, 0.25) is 16.8 Å². The number of nitrogens with zero attached hydrogens (tertiary/aromatic N) is 1. The zero-order chi connectivity index (χ0) is 37.7. The predicted octanol–water partition coefficient (Wildman–Crippen LogP) is 10.3. The van der Waals surface area contributed by atoms with E-state index in [0.717, 1.165) is 11.1 Å². The van der Waals surface area contributed by atoms with E-state index in [1.807, 2.05) is 36.4 Å². The summed E-state index contributed by atoms with van der Waals surface area (Å²) in [5.74, 6) is -53.4. The summed E-state index contributed by atoms with van der Waals surface area (Å²) >= 11 is -4.04. The molecule has 19 heteroatoms. The molecule has 0 saturated carbocycles. The molecule has 0 radical (unpaired) electrons. The molecule has 0 amide bonds. The molecule has 276 valence electrons. The molecule has 1 nitrogen and oxygen atoms in total. The Balaban J connectivity index is 1.82. The van der Waals surface area contributed by atoms with Gasteiger partial charge in [-0.2, -0.15) is 0 Å². The van der Waals surface area contributed by atoms with E-state index in [1.54, 1.807) is 12.1 Å². The molecule has 0 unspecified atom stereocenters. The van der Waals surface area contributed by atoms with Crippen molar-refractivity contribution in [2.45, 2.75) is 83.8 Å². The van der Waals surface area contributed by atoms with Crippen molar-refractivity contribution in [2.75, 3.05) is 13.1 Å². The second kappa shape index (κ2) is 13.2. The van der Waals surface area contributed by atoms with Crippen LogP contribution in [0.25, 0.3) is 5.57 Å². The number of benzene rings is 2. The molecule has 2 aromatic rings. The van der Waals surface area contributed by atoms with Crippen molar-refractivity contribution in [3.05, 3.63) is 71.8 Å². The first-order valence-corrected chi connectivity index (χ1v) is 21.0. The molecule has 49 heavy (non-hydrogen) atoms. The maximum absolute atomic E-state index is 14.6. The normalized spacial score (nSPS) is 16.9. The molecule has 0 N–H and O–H groups in total. The fourth-order valence-corrected chi connectivity index (χ4v) is 9.94. The predicted molar refractivity (Wildman–Crippen MR) is 148 cm³/mol. The fraction of sp³-hybridized carbons (Fsp3) is 0.533. The van der Waals surface area contributed by atoms with E-state index in [1.165, 1.54) is 23.6 Å². The van der Waals surface area contributed by atoms with Crippen molar-refractivity contribution in [2.24, 2.45) is 0 Å². The molecular formula is C30H28F17GeN. The molecule has 0 saturated heterocycles. The van der Waals surface area contributed by atoms with Crippen molar-refractivity contribution >= 4 is 23.2 Å². The second-order valence-electron chi connectivity index (χ2n) is 12.3. The molecule has 3 rings (SSSR count). The topological polar surface area (TPSA) is 3.24 Å². The summed E-state index contributed by atoms with van der Waals surface area (Å²) in [7, 11) is 0. The molecule has 1 heterocycles. The summed E-state index contributed by atoms with van der Waals surface area (Å²) in [6.07, 6.45) is -7.73. The molecule has 0 aromatic heterocycles. The van der Waals surface area contributed by atoms with Gasteiger partial charge in [0.15, 0.2) is 0 Å². The Morgan fingerprint density at radius 2 is 1.12 bits per heavy atom. The van der Waals surface area contributed by atoms with Gasteiger partial charge in [-0.25, -0.2) is 0 Å². The van der Waals surface area contributed by atoms with Gasteiger partial charge in [-0.1, -0.05) is 0 Å². The number of halogens is 17. The van der Waals surface area contributed by atoms with Crippen molar-refractivity contribution < 1.29 is 74.6 Å². The van der Waals surface area contributed by atoms with Gasteiger partial charge in [0.1, 0.15) is 0 Å². The third-order valence-corrected chi connectivity index (χ3v) is 15.5. The zero-order valence-corrected chi connectivity index (χ0v) is 27.5. The van der Waals surface area contributed by atoms with Crippen LogP contribution in [0, 0.1) is 0 Å². The Morgan fingerprint density at radius 1 is 0.612 bits per heavy atom. The molecule has 2 aromatic carbocycles. The third kappa shape index (κ3) is 7.18. The average molecular weight is 798 g/mol. The fourth-order valence-electron chi connectivity index (χ4n) is 5.07. The summed E-state index contributed by atoms with van der Waals surface area (Å²) in [6, 6.07) is 15.6. The maximum atomic E-state index is 14.6. The first-order chi connectivity index (χ1) is 22.0. The van der Waals surface area contributed by atoms with E-state index in [0.29, 0.717) is 36.0 Å². The molecule has 0 spiro atoms. The van der Waals surface area contributed by atoms with Gasteiger partial charge >= 0.3 is 271 Å². The van der Waals surface area contributed by atoms with Crippen LogP contribution in [0.15, 0.2) is 60.7 Å². The average Bonchev–Trinajstić information content (AvgIpc) is 3.00. The monoisotopic (exact) mass is 799 g/mol. The van der Waals surface area contributed by atoms with Crippen LogP contribution in [0.3, 0.4) is 0 Å². The van der Waals surface area contributed by atoms with Crippen LogP contribution in [0.5, 0.6) is 0 Å². The minimum atomic E-state index is -8.62. The van der Waals surface area contributed by atoms with E-state index < -0.39 is 72.6 Å². The first kappa shape index (κ1) is 40.9. The van der Waals surface area contributed by atoms with E-state index in [4.69, 9.17) is 0 Å². The Morgan fingerprint density at radius 3 is 1.61 bits per heavy atom. The van der Waals surface area contributed by atoms with Gasteiger partial charge < -0.3 is 0 Å². The van der Waals surface area contributed by atoms with E-state index >= 15 is 0 Å². The van der Waals surface area contributed by atoms with Gasteiger partial charge in [0.05, 0.1) is 0 Å². The van der Waals surface area contributed by atoms with Crippen LogP contribution in [0.4, 0.5) is 74.6 Å². The summed E-state index contributed by atoms with van der Waals surface area (Å²) in [6.45, 7) is 1.80. The van der Waals surface area contributed by atoms with E-state index in [9.17, 15) is 74.6 Å². The molecule has 0 fully saturated rings. The van der Waals surface area contributed by atoms with Gasteiger partial charge in [0, 0.05) is 0 Å². The van der Waals surface area contributed by atoms with Crippen LogP contribution >= 0.6 is 0 Å². The van der Waals surface area contributed by atoms with Crippen LogP contribution in [-0.4, -0.2) is 78.9 Å². The van der Waals surface area contributed by atoms with Crippen molar-refractivity contribution in [3.63, 3.8) is 0 Å². The molecule has 0 bridgehead atoms.